The van der Waals surface area contributed by atoms with Crippen molar-refractivity contribution >= 4 is 18.6 Å². The molecule has 0 spiro atoms. The highest BCUT2D eigenvalue weighted by Crippen LogP contribution is 2.21. The molecule has 2 atom stereocenters. The molecule has 6 heteroatoms. The van der Waals surface area contributed by atoms with Gasteiger partial charge in [0.05, 0.1) is 11.8 Å². The summed E-state index contributed by atoms with van der Waals surface area (Å²) in [5, 5.41) is 12.1. The number of thiol groups is 1. The Labute approximate surface area is 68.7 Å². The van der Waals surface area contributed by atoms with Crippen molar-refractivity contribution in [2.45, 2.75) is 17.7 Å². The molecule has 1 rings (SSSR count). The van der Waals surface area contributed by atoms with Crippen LogP contribution in [0, 0.1) is 4.91 Å². The fraction of sp³-hybridized carbons (Fsp3) is 0.800. The Morgan fingerprint density at radius 2 is 2.36 bits per heavy atom. The van der Waals surface area contributed by atoms with Crippen molar-refractivity contribution in [2.24, 2.45) is 5.29 Å². The van der Waals surface area contributed by atoms with Gasteiger partial charge in [-0.15, -0.1) is 4.91 Å². The number of rotatable bonds is 2. The van der Waals surface area contributed by atoms with Gasteiger partial charge in [-0.1, -0.05) is 0 Å². The lowest BCUT2D eigenvalue weighted by molar-refractivity contribution is -0.142. The maximum atomic E-state index is 10.4. The summed E-state index contributed by atoms with van der Waals surface area (Å²) in [6, 6.07) is -0.782. The average Bonchev–Trinajstić information content (AvgIpc) is 2.30. The van der Waals surface area contributed by atoms with Crippen LogP contribution in [0.5, 0.6) is 0 Å². The average molecular weight is 176 g/mol. The van der Waals surface area contributed by atoms with E-state index in [1.54, 1.807) is 0 Å². The monoisotopic (exact) mass is 176 g/mol. The molecule has 0 aliphatic carbocycles. The molecule has 1 unspecified atom stereocenters. The Balaban J connectivity index is 2.64. The molecule has 0 radical (unpaired) electrons. The second-order valence-corrected chi connectivity index (χ2v) is 3.18. The van der Waals surface area contributed by atoms with Gasteiger partial charge in [-0.2, -0.15) is 12.6 Å². The van der Waals surface area contributed by atoms with E-state index in [9.17, 15) is 9.70 Å². The van der Waals surface area contributed by atoms with Crippen molar-refractivity contribution in [1.82, 2.24) is 5.01 Å². The first-order chi connectivity index (χ1) is 5.15. The molecular weight excluding hydrogens is 168 g/mol. The molecule has 0 bridgehead atoms. The first-order valence-corrected chi connectivity index (χ1v) is 3.67. The van der Waals surface area contributed by atoms with E-state index in [1.807, 2.05) is 0 Å². The van der Waals surface area contributed by atoms with Crippen LogP contribution in [0.15, 0.2) is 5.29 Å². The third-order valence-electron chi connectivity index (χ3n) is 1.64. The minimum absolute atomic E-state index is 0.0613. The largest absolute Gasteiger partial charge is 0.480 e. The third-order valence-corrected chi connectivity index (χ3v) is 2.02. The number of carbonyl (C=O) groups is 1. The molecule has 0 aromatic heterocycles. The van der Waals surface area contributed by atoms with E-state index in [0.717, 1.165) is 5.01 Å². The molecular formula is C5H8N2O3S. The lowest BCUT2D eigenvalue weighted by Crippen LogP contribution is -2.31. The molecule has 0 aromatic carbocycles. The molecule has 1 heterocycles. The van der Waals surface area contributed by atoms with Crippen molar-refractivity contribution in [3.8, 4) is 0 Å². The minimum Gasteiger partial charge on any atom is -0.480 e. The third kappa shape index (κ3) is 1.62. The summed E-state index contributed by atoms with van der Waals surface area (Å²) in [7, 11) is 0. The maximum Gasteiger partial charge on any atom is 0.328 e. The van der Waals surface area contributed by atoms with Gasteiger partial charge in [-0.05, 0) is 6.42 Å². The highest BCUT2D eigenvalue weighted by Gasteiger charge is 2.35. The van der Waals surface area contributed by atoms with Crippen LogP contribution in [-0.2, 0) is 4.79 Å². The number of carboxylic acids is 1. The first-order valence-electron chi connectivity index (χ1n) is 3.16. The molecule has 11 heavy (non-hydrogen) atoms. The van der Waals surface area contributed by atoms with Crippen LogP contribution in [-0.4, -0.2) is 33.9 Å². The van der Waals surface area contributed by atoms with Crippen molar-refractivity contribution in [1.29, 1.82) is 0 Å². The second kappa shape index (κ2) is 3.08. The van der Waals surface area contributed by atoms with E-state index in [1.165, 1.54) is 0 Å². The quantitative estimate of drug-likeness (QED) is 0.463. The van der Waals surface area contributed by atoms with Gasteiger partial charge in [0.15, 0.2) is 0 Å². The van der Waals surface area contributed by atoms with E-state index >= 15 is 0 Å². The lowest BCUT2D eigenvalue weighted by atomic mass is 10.2. The smallest absolute Gasteiger partial charge is 0.328 e. The highest BCUT2D eigenvalue weighted by molar-refractivity contribution is 7.81. The van der Waals surface area contributed by atoms with Gasteiger partial charge < -0.3 is 5.11 Å². The summed E-state index contributed by atoms with van der Waals surface area (Å²) >= 11 is 4.06. The lowest BCUT2D eigenvalue weighted by Gasteiger charge is -2.11. The van der Waals surface area contributed by atoms with Crippen LogP contribution in [0.4, 0.5) is 0 Å². The minimum atomic E-state index is -1.01. The SMILES string of the molecule is O=NN1CC(S)C[C@H]1C(=O)O. The van der Waals surface area contributed by atoms with Gasteiger partial charge >= 0.3 is 5.97 Å². The summed E-state index contributed by atoms with van der Waals surface area (Å²) in [6.07, 6.45) is 0.379. The fourth-order valence-electron chi connectivity index (χ4n) is 1.12. The van der Waals surface area contributed by atoms with Gasteiger partial charge in [-0.25, -0.2) is 9.80 Å². The zero-order valence-electron chi connectivity index (χ0n) is 5.67. The summed E-state index contributed by atoms with van der Waals surface area (Å²) in [5.41, 5.74) is 0. The van der Waals surface area contributed by atoms with E-state index in [0.29, 0.717) is 13.0 Å². The van der Waals surface area contributed by atoms with E-state index in [-0.39, 0.29) is 5.25 Å². The van der Waals surface area contributed by atoms with Gasteiger partial charge in [0.2, 0.25) is 0 Å². The molecule has 5 nitrogen and oxygen atoms in total. The number of aliphatic carboxylic acids is 1. The zero-order chi connectivity index (χ0) is 8.43. The standard InChI is InChI=1S/C5H8N2O3S/c8-5(9)4-1-3(11)2-7(4)6-10/h3-4,11H,1-2H2,(H,8,9)/t3?,4-/m0/s1. The number of hydrogen-bond donors (Lipinski definition) is 2. The van der Waals surface area contributed by atoms with Crippen LogP contribution in [0.2, 0.25) is 0 Å². The maximum absolute atomic E-state index is 10.4. The van der Waals surface area contributed by atoms with Crippen LogP contribution in [0.3, 0.4) is 0 Å². The Morgan fingerprint density at radius 3 is 2.73 bits per heavy atom. The second-order valence-electron chi connectivity index (χ2n) is 2.45. The molecule has 0 aromatic rings. The number of nitrogens with zero attached hydrogens (tertiary/aromatic N) is 2. The molecule has 1 aliphatic heterocycles. The number of carboxylic acid groups (broad SMARTS) is 1. The van der Waals surface area contributed by atoms with Gasteiger partial charge in [0.25, 0.3) is 0 Å². The summed E-state index contributed by atoms with van der Waals surface area (Å²) in [6.45, 7) is 0.323. The molecule has 62 valence electrons. The van der Waals surface area contributed by atoms with Crippen LogP contribution >= 0.6 is 12.6 Å². The van der Waals surface area contributed by atoms with Crippen LogP contribution < -0.4 is 0 Å². The Hall–Kier alpha value is -0.780. The number of hydrogen-bond acceptors (Lipinski definition) is 4. The zero-order valence-corrected chi connectivity index (χ0v) is 6.57. The molecule has 1 N–H and O–H groups in total. The van der Waals surface area contributed by atoms with E-state index in [2.05, 4.69) is 17.9 Å². The van der Waals surface area contributed by atoms with Crippen molar-refractivity contribution < 1.29 is 9.90 Å². The van der Waals surface area contributed by atoms with Crippen LogP contribution in [0.25, 0.3) is 0 Å². The summed E-state index contributed by atoms with van der Waals surface area (Å²) < 4.78 is 0. The van der Waals surface area contributed by atoms with Crippen molar-refractivity contribution in [2.75, 3.05) is 6.54 Å². The Kier molecular flexibility index (Phi) is 2.33. The van der Waals surface area contributed by atoms with Gasteiger partial charge in [-0.3, -0.25) is 0 Å². The van der Waals surface area contributed by atoms with Crippen LogP contribution in [0.1, 0.15) is 6.42 Å². The summed E-state index contributed by atoms with van der Waals surface area (Å²) in [4.78, 5) is 20.5. The molecule has 1 saturated heterocycles. The Bertz CT molecular complexity index is 187. The highest BCUT2D eigenvalue weighted by atomic mass is 32.1. The van der Waals surface area contributed by atoms with Gasteiger partial charge in [0.1, 0.15) is 6.04 Å². The molecule has 1 aliphatic rings. The fourth-order valence-corrected chi connectivity index (χ4v) is 1.48. The van der Waals surface area contributed by atoms with E-state index in [4.69, 9.17) is 5.11 Å². The predicted molar refractivity (Wildman–Crippen MR) is 41.3 cm³/mol. The topological polar surface area (TPSA) is 70.0 Å². The first kappa shape index (κ1) is 8.32. The Morgan fingerprint density at radius 1 is 1.73 bits per heavy atom. The molecule has 1 fully saturated rings. The van der Waals surface area contributed by atoms with Crippen molar-refractivity contribution in [3.63, 3.8) is 0 Å². The molecule has 0 saturated carbocycles. The normalized spacial score (nSPS) is 30.5. The van der Waals surface area contributed by atoms with E-state index < -0.39 is 12.0 Å². The van der Waals surface area contributed by atoms with Crippen molar-refractivity contribution in [3.05, 3.63) is 4.91 Å². The molecule has 0 amide bonds. The van der Waals surface area contributed by atoms with Gasteiger partial charge in [0, 0.05) is 5.25 Å². The predicted octanol–water partition coefficient (Wildman–Crippen LogP) is 0.125. The number of nitroso groups, excluding NO2 is 1. The summed E-state index contributed by atoms with van der Waals surface area (Å²) in [5.74, 6) is -1.01.